The molecule has 0 aliphatic carbocycles. The topological polar surface area (TPSA) is 106 Å². The van der Waals surface area contributed by atoms with Crippen LogP contribution in [-0.2, 0) is 14.3 Å². The zero-order valence-corrected chi connectivity index (χ0v) is 22.6. The van der Waals surface area contributed by atoms with Crippen LogP contribution in [0.15, 0.2) is 46.3 Å². The smallest absolute Gasteiger partial charge is 0.344 e. The Hall–Kier alpha value is -2.13. The van der Waals surface area contributed by atoms with Gasteiger partial charge in [-0.25, -0.2) is 14.6 Å². The Labute approximate surface area is 221 Å². The summed E-state index contributed by atoms with van der Waals surface area (Å²) in [6.07, 6.45) is 1.78. The highest BCUT2D eigenvalue weighted by molar-refractivity contribution is 14.1. The fourth-order valence-corrected chi connectivity index (χ4v) is 5.84. The Bertz CT molecular complexity index is 1140. The summed E-state index contributed by atoms with van der Waals surface area (Å²) in [6, 6.07) is 9.85. The number of aliphatic imine (C=N–C) groups is 1. The summed E-state index contributed by atoms with van der Waals surface area (Å²) in [5.41, 5.74) is 1.53. The van der Waals surface area contributed by atoms with E-state index in [4.69, 9.17) is 14.6 Å². The zero-order chi connectivity index (χ0) is 24.1. The number of thioether (sulfide) groups is 1. The lowest BCUT2D eigenvalue weighted by Crippen LogP contribution is -2.23. The van der Waals surface area contributed by atoms with E-state index >= 15 is 0 Å². The van der Waals surface area contributed by atoms with Crippen LogP contribution in [0.5, 0.6) is 5.75 Å². The molecule has 172 valence electrons. The predicted molar refractivity (Wildman–Crippen MR) is 143 cm³/mol. The van der Waals surface area contributed by atoms with Gasteiger partial charge < -0.3 is 14.6 Å². The molecule has 1 aliphatic rings. The molecule has 1 amide bonds. The minimum Gasteiger partial charge on any atom is -0.480 e. The maximum absolute atomic E-state index is 12.7. The maximum Gasteiger partial charge on any atom is 0.344 e. The number of rotatable bonds is 7. The molecule has 0 aromatic heterocycles. The maximum atomic E-state index is 12.7. The number of likely N-dealkylation sites (N-methyl/N-ethyl adjacent to an activating group) is 1. The SMILES string of the molecule is CCOC(=O)COc1c(I)cc(/C=C2\SC(=Nc3ccc(C(=O)O)cc3)N(C)C2=O)cc1I. The van der Waals surface area contributed by atoms with Crippen molar-refractivity contribution in [1.82, 2.24) is 4.90 Å². The Morgan fingerprint density at radius 1 is 1.18 bits per heavy atom. The third-order valence-electron chi connectivity index (χ3n) is 4.30. The van der Waals surface area contributed by atoms with E-state index in [9.17, 15) is 14.4 Å². The predicted octanol–water partition coefficient (Wildman–Crippen LogP) is 4.77. The van der Waals surface area contributed by atoms with Gasteiger partial charge in [-0.3, -0.25) is 9.69 Å². The molecule has 0 atom stereocenters. The van der Waals surface area contributed by atoms with Crippen LogP contribution < -0.4 is 4.74 Å². The quantitative estimate of drug-likeness (QED) is 0.254. The van der Waals surface area contributed by atoms with E-state index in [2.05, 4.69) is 50.2 Å². The van der Waals surface area contributed by atoms with Gasteiger partial charge in [0.25, 0.3) is 5.91 Å². The molecule has 11 heteroatoms. The normalized spacial score (nSPS) is 15.9. The summed E-state index contributed by atoms with van der Waals surface area (Å²) in [5, 5.41) is 9.51. The molecule has 3 rings (SSSR count). The first-order chi connectivity index (χ1) is 15.7. The van der Waals surface area contributed by atoms with Gasteiger partial charge in [0.05, 0.1) is 29.9 Å². The average Bonchev–Trinajstić information content (AvgIpc) is 3.01. The summed E-state index contributed by atoms with van der Waals surface area (Å²) >= 11 is 5.48. The number of carboxylic acid groups (broad SMARTS) is 1. The molecule has 1 N–H and O–H groups in total. The number of hydrogen-bond acceptors (Lipinski definition) is 7. The van der Waals surface area contributed by atoms with Gasteiger partial charge in [-0.15, -0.1) is 0 Å². The largest absolute Gasteiger partial charge is 0.480 e. The number of benzene rings is 2. The minimum absolute atomic E-state index is 0.168. The van der Waals surface area contributed by atoms with Gasteiger partial charge in [-0.05, 0) is 112 Å². The fourth-order valence-electron chi connectivity index (χ4n) is 2.73. The lowest BCUT2D eigenvalue weighted by Gasteiger charge is -2.11. The van der Waals surface area contributed by atoms with E-state index < -0.39 is 11.9 Å². The monoisotopic (exact) mass is 692 g/mol. The molecule has 1 heterocycles. The van der Waals surface area contributed by atoms with Crippen molar-refractivity contribution in [2.45, 2.75) is 6.92 Å². The molecule has 0 unspecified atom stereocenters. The number of carboxylic acids is 1. The van der Waals surface area contributed by atoms with Gasteiger partial charge in [0.15, 0.2) is 11.8 Å². The van der Waals surface area contributed by atoms with Gasteiger partial charge in [0, 0.05) is 7.05 Å². The molecule has 2 aromatic carbocycles. The molecule has 8 nitrogen and oxygen atoms in total. The number of halogens is 2. The summed E-state index contributed by atoms with van der Waals surface area (Å²) in [7, 11) is 1.64. The third-order valence-corrected chi connectivity index (χ3v) is 6.96. The van der Waals surface area contributed by atoms with Gasteiger partial charge >= 0.3 is 11.9 Å². The number of carbonyl (C=O) groups is 3. The number of hydrogen-bond donors (Lipinski definition) is 1. The van der Waals surface area contributed by atoms with Crippen molar-refractivity contribution in [2.75, 3.05) is 20.3 Å². The van der Waals surface area contributed by atoms with Crippen molar-refractivity contribution in [1.29, 1.82) is 0 Å². The van der Waals surface area contributed by atoms with Crippen LogP contribution in [0, 0.1) is 7.14 Å². The Morgan fingerprint density at radius 3 is 2.39 bits per heavy atom. The zero-order valence-electron chi connectivity index (χ0n) is 17.5. The van der Waals surface area contributed by atoms with Gasteiger partial charge in [0.2, 0.25) is 0 Å². The van der Waals surface area contributed by atoms with Crippen LogP contribution >= 0.6 is 56.9 Å². The highest BCUT2D eigenvalue weighted by atomic mass is 127. The van der Waals surface area contributed by atoms with E-state index in [1.807, 2.05) is 12.1 Å². The molecule has 33 heavy (non-hydrogen) atoms. The lowest BCUT2D eigenvalue weighted by molar-refractivity contribution is -0.145. The first-order valence-electron chi connectivity index (χ1n) is 9.56. The number of carbonyl (C=O) groups excluding carboxylic acids is 2. The summed E-state index contributed by atoms with van der Waals surface area (Å²) in [4.78, 5) is 41.7. The van der Waals surface area contributed by atoms with Crippen LogP contribution in [0.25, 0.3) is 6.08 Å². The van der Waals surface area contributed by atoms with E-state index in [0.717, 1.165) is 12.7 Å². The van der Waals surface area contributed by atoms with E-state index in [0.29, 0.717) is 28.1 Å². The molecule has 2 aromatic rings. The van der Waals surface area contributed by atoms with E-state index in [1.54, 1.807) is 32.2 Å². The van der Waals surface area contributed by atoms with Crippen LogP contribution in [0.4, 0.5) is 5.69 Å². The second-order valence-corrected chi connectivity index (χ2v) is 9.96. The molecule has 1 fully saturated rings. The van der Waals surface area contributed by atoms with Crippen LogP contribution in [-0.4, -0.2) is 53.3 Å². The Morgan fingerprint density at radius 2 is 1.82 bits per heavy atom. The van der Waals surface area contributed by atoms with Gasteiger partial charge in [0.1, 0.15) is 5.75 Å². The van der Waals surface area contributed by atoms with Crippen molar-refractivity contribution in [2.24, 2.45) is 4.99 Å². The van der Waals surface area contributed by atoms with Crippen LogP contribution in [0.1, 0.15) is 22.8 Å². The first-order valence-corrected chi connectivity index (χ1v) is 12.5. The summed E-state index contributed by atoms with van der Waals surface area (Å²) < 4.78 is 12.1. The van der Waals surface area contributed by atoms with Crippen LogP contribution in [0.2, 0.25) is 0 Å². The minimum atomic E-state index is -1.01. The summed E-state index contributed by atoms with van der Waals surface area (Å²) in [5.74, 6) is -1.05. The fraction of sp³-hybridized carbons (Fsp3) is 0.182. The van der Waals surface area contributed by atoms with Gasteiger partial charge in [-0.2, -0.15) is 0 Å². The second kappa shape index (κ2) is 11.3. The Balaban J connectivity index is 1.79. The molecular weight excluding hydrogens is 674 g/mol. The van der Waals surface area contributed by atoms with Gasteiger partial charge in [-0.1, -0.05) is 0 Å². The number of aromatic carboxylic acids is 1. The molecule has 1 aliphatic heterocycles. The Kier molecular flexibility index (Phi) is 8.75. The van der Waals surface area contributed by atoms with Crippen molar-refractivity contribution in [3.05, 3.63) is 59.6 Å². The van der Waals surface area contributed by atoms with Crippen LogP contribution in [0.3, 0.4) is 0 Å². The summed E-state index contributed by atoms with van der Waals surface area (Å²) in [6.45, 7) is 1.85. The number of amidine groups is 1. The average molecular weight is 692 g/mol. The lowest BCUT2D eigenvalue weighted by atomic mass is 10.2. The molecule has 0 saturated carbocycles. The van der Waals surface area contributed by atoms with Crippen molar-refractivity contribution in [3.8, 4) is 5.75 Å². The number of esters is 1. The standard InChI is InChI=1S/C22H18I2N2O6S/c1-3-31-18(27)11-32-19-15(23)8-12(9-16(19)24)10-17-20(28)26(2)22(33-17)25-14-6-4-13(5-7-14)21(29)30/h4-10H,3,11H2,1-2H3,(H,29,30)/b17-10-,25-22?. The number of nitrogens with zero attached hydrogens (tertiary/aromatic N) is 2. The third kappa shape index (κ3) is 6.47. The van der Waals surface area contributed by atoms with Crippen molar-refractivity contribution >= 4 is 91.7 Å². The first kappa shape index (κ1) is 25.5. The molecule has 0 spiro atoms. The van der Waals surface area contributed by atoms with Crippen molar-refractivity contribution in [3.63, 3.8) is 0 Å². The number of amides is 1. The highest BCUT2D eigenvalue weighted by Gasteiger charge is 2.30. The van der Waals surface area contributed by atoms with E-state index in [-0.39, 0.29) is 18.1 Å². The highest BCUT2D eigenvalue weighted by Crippen LogP contribution is 2.35. The molecule has 1 saturated heterocycles. The molecule has 0 bridgehead atoms. The second-order valence-electron chi connectivity index (χ2n) is 6.63. The van der Waals surface area contributed by atoms with Crippen molar-refractivity contribution < 1.29 is 29.0 Å². The number of ether oxygens (including phenoxy) is 2. The van der Waals surface area contributed by atoms with E-state index in [1.165, 1.54) is 28.8 Å². The molecular formula is C22H18I2N2O6S. The molecule has 0 radical (unpaired) electrons.